The maximum absolute atomic E-state index is 15.9. The number of aromatic nitrogens is 1. The summed E-state index contributed by atoms with van der Waals surface area (Å²) in [5.74, 6) is -1.59. The van der Waals surface area contributed by atoms with Gasteiger partial charge in [-0.2, -0.15) is 0 Å². The number of oxime groups is 1. The standard InChI is InChI=1S/C58H58FN9O9S2.HI/c1-37(69)60-31-45-32-66(57(73)77-45)43-22-25-48(46(59)30-43)65-26-28-68(2,29-27-65)33-39-35-78-54-50(53(71)67(54)51(39)55(72)76-34-38-20-23-44(74-3)24-21-38)62-52(70)49(64-75-4)47-36-79-56(61-47)63-58(40-14-8-5-9-15-40,41-16-10-6-11-17-41)42-18-12-7-13-19-42;/h5-25,30,36,45,50,54H,26-29,31-35H2,1-4H3,(H2-,60,61,62,63,69,70);1H/b64-49-;/t45-,50+,54?;/m0./s1. The van der Waals surface area contributed by atoms with E-state index in [1.54, 1.807) is 48.9 Å². The Morgan fingerprint density at radius 2 is 1.52 bits per heavy atom. The molecule has 0 saturated carbocycles. The number of hydrogen-bond donors (Lipinski definition) is 3. The summed E-state index contributed by atoms with van der Waals surface area (Å²) >= 11 is 2.72. The predicted octanol–water partition coefficient (Wildman–Crippen LogP) is 3.87. The molecule has 4 amide bonds. The largest absolute Gasteiger partial charge is 1.00 e. The molecule has 416 valence electrons. The number of halogens is 2. The molecular weight excluding hydrogens is 1180 g/mol. The van der Waals surface area contributed by atoms with Crippen LogP contribution in [-0.4, -0.2) is 140 Å². The van der Waals surface area contributed by atoms with E-state index in [0.717, 1.165) is 22.3 Å². The number of carbonyl (C=O) groups excluding carboxylic acids is 5. The van der Waals surface area contributed by atoms with Gasteiger partial charge in [-0.15, -0.1) is 23.1 Å². The highest BCUT2D eigenvalue weighted by Crippen LogP contribution is 2.43. The molecule has 3 atom stereocenters. The topological polar surface area (TPSA) is 193 Å². The van der Waals surface area contributed by atoms with E-state index < -0.39 is 52.8 Å². The number of β-lactam (4-membered cyclic amide) rings is 1. The van der Waals surface area contributed by atoms with Crippen LogP contribution < -0.4 is 54.5 Å². The van der Waals surface area contributed by atoms with Crippen LogP contribution in [0.3, 0.4) is 0 Å². The van der Waals surface area contributed by atoms with Gasteiger partial charge in [0.2, 0.25) is 5.91 Å². The lowest BCUT2D eigenvalue weighted by Gasteiger charge is -2.50. The van der Waals surface area contributed by atoms with Gasteiger partial charge in [0.15, 0.2) is 10.8 Å². The van der Waals surface area contributed by atoms with Crippen molar-refractivity contribution < 1.29 is 75.9 Å². The number of amides is 4. The smallest absolute Gasteiger partial charge is 0.414 e. The van der Waals surface area contributed by atoms with E-state index in [2.05, 4.69) is 64.6 Å². The molecule has 3 fully saturated rings. The van der Waals surface area contributed by atoms with E-state index in [-0.39, 0.29) is 66.7 Å². The van der Waals surface area contributed by atoms with Crippen molar-refractivity contribution in [2.75, 3.05) is 88.0 Å². The van der Waals surface area contributed by atoms with Crippen LogP contribution in [0, 0.1) is 5.82 Å². The number of rotatable bonds is 19. The Labute approximate surface area is 487 Å². The van der Waals surface area contributed by atoms with Gasteiger partial charge in [-0.1, -0.05) is 108 Å². The zero-order valence-corrected chi connectivity index (χ0v) is 48.1. The van der Waals surface area contributed by atoms with Crippen LogP contribution in [0.25, 0.3) is 0 Å². The highest BCUT2D eigenvalue weighted by atomic mass is 127. The Morgan fingerprint density at radius 1 is 0.887 bits per heavy atom. The molecule has 80 heavy (non-hydrogen) atoms. The Bertz CT molecular complexity index is 3200. The molecule has 22 heteroatoms. The lowest BCUT2D eigenvalue weighted by atomic mass is 9.77. The Kier molecular flexibility index (Phi) is 17.8. The maximum Gasteiger partial charge on any atom is 0.414 e. The number of nitrogens with zero attached hydrogens (tertiary/aromatic N) is 6. The van der Waals surface area contributed by atoms with Crippen molar-refractivity contribution in [3.63, 3.8) is 0 Å². The summed E-state index contributed by atoms with van der Waals surface area (Å²) in [6.45, 7) is 4.13. The van der Waals surface area contributed by atoms with Crippen molar-refractivity contribution in [2.24, 2.45) is 5.16 Å². The molecule has 6 aromatic rings. The van der Waals surface area contributed by atoms with Gasteiger partial charge in [0, 0.05) is 23.6 Å². The van der Waals surface area contributed by atoms with Gasteiger partial charge < -0.3 is 68.4 Å². The van der Waals surface area contributed by atoms with Crippen molar-refractivity contribution in [3.05, 3.63) is 184 Å². The minimum atomic E-state index is -1.03. The average molecular weight is 1240 g/mol. The number of carbonyl (C=O) groups is 5. The SMILES string of the molecule is CO/N=C(\C(=O)N[C@@H]1C(=O)N2C(C(=O)OCc3ccc(OC)cc3)=C(C[N+]3(C)CCN(c4ccc(N5C[C@H](CNC(C)=O)OC5=O)cc4F)CC3)CSC12)c1csc(NC(c2ccccc2)(c2ccccc2)c2ccccc2)n1.[I-]. The molecule has 5 heterocycles. The van der Waals surface area contributed by atoms with Crippen LogP contribution in [-0.2, 0) is 45.6 Å². The summed E-state index contributed by atoms with van der Waals surface area (Å²) in [4.78, 5) is 82.1. The van der Waals surface area contributed by atoms with Crippen LogP contribution in [0.1, 0.15) is 34.9 Å². The molecule has 18 nitrogen and oxygen atoms in total. The average Bonchev–Trinajstić information content (AvgIpc) is 4.22. The number of esters is 1. The first-order valence-electron chi connectivity index (χ1n) is 25.7. The molecule has 5 aromatic carbocycles. The Morgan fingerprint density at radius 3 is 2.11 bits per heavy atom. The molecule has 1 aromatic heterocycles. The number of fused-ring (bicyclic) bond motifs is 1. The first-order valence-corrected chi connectivity index (χ1v) is 27.6. The summed E-state index contributed by atoms with van der Waals surface area (Å²) in [7, 11) is 4.96. The summed E-state index contributed by atoms with van der Waals surface area (Å²) < 4.78 is 33.0. The van der Waals surface area contributed by atoms with Gasteiger partial charge in [-0.25, -0.2) is 19.0 Å². The van der Waals surface area contributed by atoms with E-state index in [1.807, 2.05) is 59.5 Å². The van der Waals surface area contributed by atoms with Crippen LogP contribution in [0.15, 0.2) is 155 Å². The fraction of sp³-hybridized carbons (Fsp3) is 0.293. The summed E-state index contributed by atoms with van der Waals surface area (Å²) in [5, 5.41) is 14.9. The summed E-state index contributed by atoms with van der Waals surface area (Å²) in [6.07, 6.45) is -1.18. The number of piperazine rings is 1. The third-order valence-corrected chi connectivity index (χ3v) is 16.6. The van der Waals surface area contributed by atoms with Crippen LogP contribution in [0.4, 0.5) is 25.7 Å². The minimum absolute atomic E-state index is 0. The number of ether oxygens (including phenoxy) is 3. The molecular formula is C58H59FIN9O9S2. The van der Waals surface area contributed by atoms with Gasteiger partial charge in [0.25, 0.3) is 11.8 Å². The number of benzene rings is 5. The van der Waals surface area contributed by atoms with Crippen molar-refractivity contribution >= 4 is 75.1 Å². The molecule has 4 aliphatic heterocycles. The van der Waals surface area contributed by atoms with E-state index in [1.165, 1.54) is 53.0 Å². The summed E-state index contributed by atoms with van der Waals surface area (Å²) in [5.41, 5.74) is 4.38. The predicted molar refractivity (Wildman–Crippen MR) is 299 cm³/mol. The molecule has 0 radical (unpaired) electrons. The normalized spacial score (nSPS) is 18.7. The Balaban J connectivity index is 0.00000774. The van der Waals surface area contributed by atoms with Crippen molar-refractivity contribution in [3.8, 4) is 5.75 Å². The van der Waals surface area contributed by atoms with Crippen LogP contribution in [0.2, 0.25) is 0 Å². The molecule has 0 bridgehead atoms. The first kappa shape index (κ1) is 57.2. The van der Waals surface area contributed by atoms with E-state index >= 15 is 4.39 Å². The second-order valence-corrected chi connectivity index (χ2v) is 21.7. The number of nitrogens with one attached hydrogen (secondary N) is 3. The first-order chi connectivity index (χ1) is 38.3. The monoisotopic (exact) mass is 1240 g/mol. The van der Waals surface area contributed by atoms with E-state index in [0.29, 0.717) is 70.8 Å². The fourth-order valence-corrected chi connectivity index (χ4v) is 12.5. The van der Waals surface area contributed by atoms with Crippen molar-refractivity contribution in [1.29, 1.82) is 0 Å². The van der Waals surface area contributed by atoms with Gasteiger partial charge >= 0.3 is 12.1 Å². The van der Waals surface area contributed by atoms with Crippen LogP contribution in [0.5, 0.6) is 5.75 Å². The molecule has 10 rings (SSSR count). The third-order valence-electron chi connectivity index (χ3n) is 14.5. The lowest BCUT2D eigenvalue weighted by molar-refractivity contribution is -0.905. The number of methoxy groups -OCH3 is 1. The molecule has 4 aliphatic rings. The molecule has 0 aliphatic carbocycles. The quantitative estimate of drug-likeness (QED) is 0.0202. The van der Waals surface area contributed by atoms with Crippen molar-refractivity contribution in [2.45, 2.75) is 36.6 Å². The van der Waals surface area contributed by atoms with Gasteiger partial charge in [-0.3, -0.25) is 24.2 Å². The second-order valence-electron chi connectivity index (χ2n) is 19.8. The number of likely N-dealkylation sites (N-methyl/N-ethyl adjacent to an activating group) is 1. The van der Waals surface area contributed by atoms with E-state index in [9.17, 15) is 24.0 Å². The highest BCUT2D eigenvalue weighted by molar-refractivity contribution is 8.00. The zero-order chi connectivity index (χ0) is 55.3. The minimum Gasteiger partial charge on any atom is -1.00 e. The highest BCUT2D eigenvalue weighted by Gasteiger charge is 2.55. The number of thioether (sulfide) groups is 1. The number of hydrogen-bond acceptors (Lipinski definition) is 15. The molecule has 3 saturated heterocycles. The van der Waals surface area contributed by atoms with Gasteiger partial charge in [0.1, 0.15) is 66.3 Å². The Hall–Kier alpha value is -7.54. The van der Waals surface area contributed by atoms with Gasteiger partial charge in [-0.05, 0) is 52.6 Å². The zero-order valence-electron chi connectivity index (χ0n) is 44.3. The molecule has 1 unspecified atom stereocenters. The molecule has 0 spiro atoms. The lowest BCUT2D eigenvalue weighted by Crippen LogP contribution is -3.00. The number of cyclic esters (lactones) is 1. The third kappa shape index (κ3) is 12.0. The van der Waals surface area contributed by atoms with E-state index in [4.69, 9.17) is 24.0 Å². The number of anilines is 3. The second kappa shape index (κ2) is 24.9. The van der Waals surface area contributed by atoms with Crippen molar-refractivity contribution in [1.82, 2.24) is 20.5 Å². The summed E-state index contributed by atoms with van der Waals surface area (Å²) in [6, 6.07) is 40.9. The number of thiazole rings is 1. The van der Waals surface area contributed by atoms with Crippen LogP contribution >= 0.6 is 23.1 Å². The fourth-order valence-electron chi connectivity index (χ4n) is 10.4. The maximum atomic E-state index is 15.9. The number of quaternary nitrogens is 1. The molecule has 3 N–H and O–H groups in total. The van der Waals surface area contributed by atoms with Gasteiger partial charge in [0.05, 0.1) is 64.8 Å².